The maximum atomic E-state index is 4.63. The number of imidazole rings is 1. The Labute approximate surface area is 129 Å². The summed E-state index contributed by atoms with van der Waals surface area (Å²) in [6.07, 6.45) is 8.62. The van der Waals surface area contributed by atoms with Gasteiger partial charge < -0.3 is 9.72 Å². The van der Waals surface area contributed by atoms with E-state index in [1.54, 1.807) is 0 Å². The number of aromatic nitrogens is 5. The molecule has 1 atom stereocenters. The predicted molar refractivity (Wildman–Crippen MR) is 83.9 cm³/mol. The second-order valence-electron chi connectivity index (χ2n) is 6.09. The summed E-state index contributed by atoms with van der Waals surface area (Å²) in [6, 6.07) is 4.12. The van der Waals surface area contributed by atoms with E-state index in [9.17, 15) is 0 Å². The van der Waals surface area contributed by atoms with E-state index in [4.69, 9.17) is 0 Å². The fraction of sp³-hybridized carbons (Fsp3) is 0.438. The van der Waals surface area contributed by atoms with E-state index in [-0.39, 0.29) is 0 Å². The van der Waals surface area contributed by atoms with Crippen LogP contribution in [0.4, 0.5) is 0 Å². The number of nitrogens with zero attached hydrogens (tertiary/aromatic N) is 5. The molecule has 0 amide bonds. The van der Waals surface area contributed by atoms with E-state index < -0.39 is 0 Å². The number of fused-ring (bicyclic) bond motifs is 1. The summed E-state index contributed by atoms with van der Waals surface area (Å²) in [4.78, 5) is 4.63. The van der Waals surface area contributed by atoms with Crippen molar-refractivity contribution in [3.63, 3.8) is 0 Å². The van der Waals surface area contributed by atoms with E-state index in [1.165, 1.54) is 18.4 Å². The van der Waals surface area contributed by atoms with Crippen molar-refractivity contribution in [2.24, 2.45) is 0 Å². The molecule has 114 valence electrons. The van der Waals surface area contributed by atoms with Gasteiger partial charge in [-0.3, -0.25) is 0 Å². The highest BCUT2D eigenvalue weighted by molar-refractivity contribution is 5.41. The number of rotatable bonds is 3. The molecule has 0 aromatic carbocycles. The monoisotopic (exact) mass is 296 g/mol. The van der Waals surface area contributed by atoms with E-state index in [0.29, 0.717) is 12.5 Å². The number of aryl methyl sites for hydroxylation is 1. The molecule has 6 nitrogen and oxygen atoms in total. The van der Waals surface area contributed by atoms with Gasteiger partial charge in [-0.1, -0.05) is 11.3 Å². The molecule has 3 aromatic heterocycles. The highest BCUT2D eigenvalue weighted by Gasteiger charge is 2.18. The summed E-state index contributed by atoms with van der Waals surface area (Å²) in [5.74, 6) is 0.492. The van der Waals surface area contributed by atoms with Crippen LogP contribution in [-0.4, -0.2) is 37.5 Å². The summed E-state index contributed by atoms with van der Waals surface area (Å²) in [5, 5.41) is 12.0. The van der Waals surface area contributed by atoms with Crippen molar-refractivity contribution in [2.75, 3.05) is 13.1 Å². The van der Waals surface area contributed by atoms with Crippen molar-refractivity contribution in [3.8, 4) is 0 Å². The van der Waals surface area contributed by atoms with Gasteiger partial charge in [0.15, 0.2) is 0 Å². The van der Waals surface area contributed by atoms with E-state index in [2.05, 4.69) is 56.6 Å². The first kappa shape index (κ1) is 13.5. The van der Waals surface area contributed by atoms with Gasteiger partial charge in [0.2, 0.25) is 0 Å². The molecule has 22 heavy (non-hydrogen) atoms. The molecule has 4 rings (SSSR count). The topological polar surface area (TPSA) is 60.0 Å². The van der Waals surface area contributed by atoms with Crippen LogP contribution in [0.3, 0.4) is 0 Å². The fourth-order valence-corrected chi connectivity index (χ4v) is 3.08. The molecule has 1 fully saturated rings. The molecule has 1 unspecified atom stereocenters. The average Bonchev–Trinajstić information content (AvgIpc) is 3.14. The van der Waals surface area contributed by atoms with Gasteiger partial charge in [0.25, 0.3) is 0 Å². The molecule has 0 aliphatic carbocycles. The smallest absolute Gasteiger partial charge is 0.137 e. The summed E-state index contributed by atoms with van der Waals surface area (Å²) in [7, 11) is 0. The fourth-order valence-electron chi connectivity index (χ4n) is 3.08. The average molecular weight is 296 g/mol. The third-order valence-electron chi connectivity index (χ3n) is 4.24. The van der Waals surface area contributed by atoms with Crippen LogP contribution in [0.1, 0.15) is 35.7 Å². The quantitative estimate of drug-likeness (QED) is 0.800. The minimum absolute atomic E-state index is 0.492. The highest BCUT2D eigenvalue weighted by atomic mass is 15.4. The van der Waals surface area contributed by atoms with Gasteiger partial charge in [-0.15, -0.1) is 5.10 Å². The second kappa shape index (κ2) is 5.53. The molecule has 1 aliphatic heterocycles. The lowest BCUT2D eigenvalue weighted by molar-refractivity contribution is 0.454. The Kier molecular flexibility index (Phi) is 3.38. The molecule has 1 N–H and O–H groups in total. The molecule has 1 saturated heterocycles. The van der Waals surface area contributed by atoms with Crippen LogP contribution in [0.15, 0.2) is 30.7 Å². The molecule has 0 bridgehead atoms. The molecule has 0 saturated carbocycles. The van der Waals surface area contributed by atoms with Crippen molar-refractivity contribution < 1.29 is 0 Å². The van der Waals surface area contributed by atoms with Gasteiger partial charge in [-0.05, 0) is 37.9 Å². The predicted octanol–water partition coefficient (Wildman–Crippen LogP) is 1.75. The van der Waals surface area contributed by atoms with Crippen molar-refractivity contribution in [2.45, 2.75) is 32.2 Å². The van der Waals surface area contributed by atoms with Crippen LogP contribution in [-0.2, 0) is 6.54 Å². The Bertz CT molecular complexity index is 781. The zero-order valence-corrected chi connectivity index (χ0v) is 12.7. The Morgan fingerprint density at radius 3 is 3.09 bits per heavy atom. The summed E-state index contributed by atoms with van der Waals surface area (Å²) in [6.45, 7) is 4.87. The Morgan fingerprint density at radius 2 is 2.23 bits per heavy atom. The largest absolute Gasteiger partial charge is 0.316 e. The molecular weight excluding hydrogens is 276 g/mol. The van der Waals surface area contributed by atoms with E-state index in [1.807, 2.05) is 10.7 Å². The Hall–Kier alpha value is -2.21. The molecular formula is C16H20N6. The number of hydrogen-bond acceptors (Lipinski definition) is 4. The maximum Gasteiger partial charge on any atom is 0.137 e. The third kappa shape index (κ3) is 2.62. The van der Waals surface area contributed by atoms with Crippen molar-refractivity contribution in [1.82, 2.24) is 29.7 Å². The van der Waals surface area contributed by atoms with Gasteiger partial charge in [-0.25, -0.2) is 9.67 Å². The molecule has 1 aliphatic rings. The Morgan fingerprint density at radius 1 is 1.27 bits per heavy atom. The molecule has 0 spiro atoms. The van der Waals surface area contributed by atoms with E-state index in [0.717, 1.165) is 30.1 Å². The summed E-state index contributed by atoms with van der Waals surface area (Å²) >= 11 is 0. The zero-order valence-electron chi connectivity index (χ0n) is 12.7. The lowest BCUT2D eigenvalue weighted by Gasteiger charge is -2.20. The van der Waals surface area contributed by atoms with Crippen LogP contribution in [0.2, 0.25) is 0 Å². The van der Waals surface area contributed by atoms with Gasteiger partial charge in [0.1, 0.15) is 5.65 Å². The van der Waals surface area contributed by atoms with Crippen LogP contribution in [0.5, 0.6) is 0 Å². The number of piperidine rings is 1. The van der Waals surface area contributed by atoms with E-state index >= 15 is 0 Å². The first-order valence-corrected chi connectivity index (χ1v) is 7.83. The molecule has 4 heterocycles. The van der Waals surface area contributed by atoms with Gasteiger partial charge in [0.05, 0.1) is 17.9 Å². The number of pyridine rings is 1. The number of nitrogens with one attached hydrogen (secondary N) is 1. The lowest BCUT2D eigenvalue weighted by atomic mass is 9.97. The minimum atomic E-state index is 0.492. The third-order valence-corrected chi connectivity index (χ3v) is 4.24. The van der Waals surface area contributed by atoms with Crippen molar-refractivity contribution in [3.05, 3.63) is 47.7 Å². The minimum Gasteiger partial charge on any atom is -0.316 e. The zero-order chi connectivity index (χ0) is 14.9. The van der Waals surface area contributed by atoms with Gasteiger partial charge in [-0.2, -0.15) is 0 Å². The number of hydrogen-bond donors (Lipinski definition) is 1. The molecule has 3 aromatic rings. The van der Waals surface area contributed by atoms with Crippen molar-refractivity contribution in [1.29, 1.82) is 0 Å². The summed E-state index contributed by atoms with van der Waals surface area (Å²) in [5.41, 5.74) is 4.29. The first-order valence-electron chi connectivity index (χ1n) is 7.83. The standard InChI is InChI=1S/C16H20N6/c1-12-4-5-16-18-14(9-21(16)8-12)10-22-11-15(19-20-22)13-3-2-6-17-7-13/h4-5,8-9,11,13,17H,2-3,6-7,10H2,1H3. The first-order chi connectivity index (χ1) is 10.8. The van der Waals surface area contributed by atoms with Gasteiger partial charge in [0, 0.05) is 31.1 Å². The van der Waals surface area contributed by atoms with Gasteiger partial charge >= 0.3 is 0 Å². The second-order valence-corrected chi connectivity index (χ2v) is 6.09. The van der Waals surface area contributed by atoms with Crippen LogP contribution >= 0.6 is 0 Å². The lowest BCUT2D eigenvalue weighted by Crippen LogP contribution is -2.28. The normalized spacial score (nSPS) is 18.9. The van der Waals surface area contributed by atoms with Crippen LogP contribution in [0.25, 0.3) is 5.65 Å². The van der Waals surface area contributed by atoms with Crippen LogP contribution < -0.4 is 5.32 Å². The Balaban J connectivity index is 1.53. The summed E-state index contributed by atoms with van der Waals surface area (Å²) < 4.78 is 3.95. The SMILES string of the molecule is Cc1ccc2nc(Cn3cc(C4CCCNC4)nn3)cn2c1. The van der Waals surface area contributed by atoms with Crippen LogP contribution in [0, 0.1) is 6.92 Å². The van der Waals surface area contributed by atoms with Crippen molar-refractivity contribution >= 4 is 5.65 Å². The highest BCUT2D eigenvalue weighted by Crippen LogP contribution is 2.20. The maximum absolute atomic E-state index is 4.63. The molecule has 0 radical (unpaired) electrons. The molecule has 6 heteroatoms.